The van der Waals surface area contributed by atoms with Gasteiger partial charge in [-0.2, -0.15) is 0 Å². The van der Waals surface area contributed by atoms with E-state index in [1.165, 1.54) is 11.8 Å². The van der Waals surface area contributed by atoms with E-state index in [1.54, 1.807) is 22.7 Å². The van der Waals surface area contributed by atoms with Crippen molar-refractivity contribution >= 4 is 46.7 Å². The lowest BCUT2D eigenvalue weighted by Crippen LogP contribution is -2.30. The maximum absolute atomic E-state index is 13.5. The largest absolute Gasteiger partial charge is 0.345 e. The topological polar surface area (TPSA) is 80.1 Å². The molecule has 0 spiro atoms. The third-order valence-corrected chi connectivity index (χ3v) is 7.99. The lowest BCUT2D eigenvalue weighted by atomic mass is 10.1. The number of amides is 2. The van der Waals surface area contributed by atoms with Gasteiger partial charge in [-0.25, -0.2) is 0 Å². The molecule has 0 radical (unpaired) electrons. The van der Waals surface area contributed by atoms with Crippen LogP contribution in [0.25, 0.3) is 0 Å². The van der Waals surface area contributed by atoms with Crippen LogP contribution in [0.4, 0.5) is 11.4 Å². The van der Waals surface area contributed by atoms with Gasteiger partial charge in [-0.3, -0.25) is 14.5 Å². The van der Waals surface area contributed by atoms with E-state index >= 15 is 0 Å². The zero-order valence-electron chi connectivity index (χ0n) is 20.0. The highest BCUT2D eigenvalue weighted by molar-refractivity contribution is 8.00. The number of anilines is 2. The van der Waals surface area contributed by atoms with Crippen molar-refractivity contribution in [2.75, 3.05) is 10.7 Å². The van der Waals surface area contributed by atoms with Crippen molar-refractivity contribution in [3.8, 4) is 0 Å². The van der Waals surface area contributed by atoms with Gasteiger partial charge < -0.3 is 9.88 Å². The summed E-state index contributed by atoms with van der Waals surface area (Å²) in [4.78, 5) is 30.0. The summed E-state index contributed by atoms with van der Waals surface area (Å²) in [5.74, 6) is 0.684. The SMILES string of the molecule is CCn1c(CNC(=O)c2ccccc2C)nnc1SCC(=O)N1c2ccccc2Sc2ccccc21. The third kappa shape index (κ3) is 4.76. The molecule has 0 saturated heterocycles. The van der Waals surface area contributed by atoms with Gasteiger partial charge in [0.15, 0.2) is 11.0 Å². The van der Waals surface area contributed by atoms with Crippen LogP contribution >= 0.6 is 23.5 Å². The zero-order valence-corrected chi connectivity index (χ0v) is 21.6. The second kappa shape index (κ2) is 10.6. The monoisotopic (exact) mass is 515 g/mol. The Kier molecular flexibility index (Phi) is 7.11. The average Bonchev–Trinajstić information content (AvgIpc) is 3.30. The van der Waals surface area contributed by atoms with Crippen LogP contribution in [0.1, 0.15) is 28.7 Å². The van der Waals surface area contributed by atoms with Gasteiger partial charge in [0.25, 0.3) is 5.91 Å². The van der Waals surface area contributed by atoms with Crippen LogP contribution in [0.2, 0.25) is 0 Å². The van der Waals surface area contributed by atoms with Crippen molar-refractivity contribution in [2.24, 2.45) is 0 Å². The number of nitrogens with zero attached hydrogens (tertiary/aromatic N) is 4. The van der Waals surface area contributed by atoms with Crippen LogP contribution in [0.3, 0.4) is 0 Å². The number of thioether (sulfide) groups is 1. The molecule has 1 aromatic heterocycles. The van der Waals surface area contributed by atoms with Gasteiger partial charge in [-0.15, -0.1) is 10.2 Å². The lowest BCUT2D eigenvalue weighted by Gasteiger charge is -2.30. The van der Waals surface area contributed by atoms with Gasteiger partial charge >= 0.3 is 0 Å². The Morgan fingerprint density at radius 3 is 2.22 bits per heavy atom. The predicted molar refractivity (Wildman–Crippen MR) is 143 cm³/mol. The lowest BCUT2D eigenvalue weighted by molar-refractivity contribution is -0.115. The van der Waals surface area contributed by atoms with Crippen LogP contribution in [-0.4, -0.2) is 32.3 Å². The fraction of sp³-hybridized carbons (Fsp3) is 0.185. The number of hydrogen-bond acceptors (Lipinski definition) is 6. The molecule has 2 amide bonds. The molecule has 1 aliphatic rings. The minimum atomic E-state index is -0.150. The van der Waals surface area contributed by atoms with Gasteiger partial charge in [-0.1, -0.05) is 66.0 Å². The van der Waals surface area contributed by atoms with E-state index in [0.717, 1.165) is 26.7 Å². The van der Waals surface area contributed by atoms with E-state index in [2.05, 4.69) is 15.5 Å². The van der Waals surface area contributed by atoms with E-state index < -0.39 is 0 Å². The van der Waals surface area contributed by atoms with Crippen molar-refractivity contribution in [1.82, 2.24) is 20.1 Å². The molecular formula is C27H25N5O2S2. The van der Waals surface area contributed by atoms with Crippen molar-refractivity contribution < 1.29 is 9.59 Å². The molecule has 0 atom stereocenters. The molecular weight excluding hydrogens is 490 g/mol. The molecule has 2 heterocycles. The molecule has 36 heavy (non-hydrogen) atoms. The first-order chi connectivity index (χ1) is 17.6. The highest BCUT2D eigenvalue weighted by Crippen LogP contribution is 2.48. The molecule has 3 aromatic carbocycles. The molecule has 0 fully saturated rings. The van der Waals surface area contributed by atoms with Gasteiger partial charge in [-0.05, 0) is 49.7 Å². The summed E-state index contributed by atoms with van der Waals surface area (Å²) in [6, 6.07) is 23.4. The number of carbonyl (C=O) groups is 2. The Morgan fingerprint density at radius 2 is 1.56 bits per heavy atom. The van der Waals surface area contributed by atoms with Gasteiger partial charge in [0.2, 0.25) is 5.91 Å². The molecule has 0 saturated carbocycles. The first-order valence-corrected chi connectivity index (χ1v) is 13.4. The molecule has 5 rings (SSSR count). The van der Waals surface area contributed by atoms with Crippen molar-refractivity contribution in [1.29, 1.82) is 0 Å². The molecule has 1 N–H and O–H groups in total. The average molecular weight is 516 g/mol. The van der Waals surface area contributed by atoms with Crippen molar-refractivity contribution in [2.45, 2.75) is 41.9 Å². The second-order valence-corrected chi connectivity index (χ2v) is 10.2. The summed E-state index contributed by atoms with van der Waals surface area (Å²) in [5, 5.41) is 12.2. The maximum atomic E-state index is 13.5. The van der Waals surface area contributed by atoms with E-state index in [9.17, 15) is 9.59 Å². The standard InChI is InChI=1S/C27H25N5O2S2/c1-3-31-24(16-28-26(34)19-11-5-4-10-18(19)2)29-30-27(31)35-17-25(33)32-20-12-6-8-14-22(20)36-23-15-9-7-13-21(23)32/h4-15H,3,16-17H2,1-2H3,(H,28,34). The number of aryl methyl sites for hydroxylation is 1. The summed E-state index contributed by atoms with van der Waals surface area (Å²) in [5.41, 5.74) is 3.34. The fourth-order valence-corrected chi connectivity index (χ4v) is 6.05. The molecule has 9 heteroatoms. The van der Waals surface area contributed by atoms with Crippen molar-refractivity contribution in [3.05, 3.63) is 89.7 Å². The Morgan fingerprint density at radius 1 is 0.917 bits per heavy atom. The summed E-state index contributed by atoms with van der Waals surface area (Å²) >= 11 is 3.03. The zero-order chi connectivity index (χ0) is 25.1. The first-order valence-electron chi connectivity index (χ1n) is 11.6. The molecule has 182 valence electrons. The number of nitrogens with one attached hydrogen (secondary N) is 1. The summed E-state index contributed by atoms with van der Waals surface area (Å²) in [6.45, 7) is 4.79. The third-order valence-electron chi connectivity index (χ3n) is 5.91. The van der Waals surface area contributed by atoms with Crippen molar-refractivity contribution in [3.63, 3.8) is 0 Å². The Hall–Kier alpha value is -3.56. The molecule has 7 nitrogen and oxygen atoms in total. The Balaban J connectivity index is 1.30. The molecule has 0 unspecified atom stereocenters. The number of para-hydroxylation sites is 2. The molecule has 1 aliphatic heterocycles. The van der Waals surface area contributed by atoms with E-state index in [1.807, 2.05) is 85.1 Å². The van der Waals surface area contributed by atoms with Crippen LogP contribution in [0.15, 0.2) is 87.7 Å². The van der Waals surface area contributed by atoms with Crippen LogP contribution in [0, 0.1) is 6.92 Å². The van der Waals surface area contributed by atoms with Crippen LogP contribution < -0.4 is 10.2 Å². The highest BCUT2D eigenvalue weighted by Gasteiger charge is 2.28. The number of hydrogen-bond donors (Lipinski definition) is 1. The number of fused-ring (bicyclic) bond motifs is 2. The second-order valence-electron chi connectivity index (χ2n) is 8.20. The molecule has 0 aliphatic carbocycles. The van der Waals surface area contributed by atoms with E-state index in [4.69, 9.17) is 0 Å². The normalized spacial score (nSPS) is 12.1. The van der Waals surface area contributed by atoms with Gasteiger partial charge in [0.1, 0.15) is 0 Å². The maximum Gasteiger partial charge on any atom is 0.251 e. The minimum Gasteiger partial charge on any atom is -0.345 e. The highest BCUT2D eigenvalue weighted by atomic mass is 32.2. The Bertz CT molecular complexity index is 1390. The van der Waals surface area contributed by atoms with E-state index in [0.29, 0.717) is 23.1 Å². The van der Waals surface area contributed by atoms with Crippen LogP contribution in [-0.2, 0) is 17.9 Å². The number of carbonyl (C=O) groups excluding carboxylic acids is 2. The molecule has 4 aromatic rings. The number of benzene rings is 3. The molecule has 0 bridgehead atoms. The minimum absolute atomic E-state index is 0.0275. The quantitative estimate of drug-likeness (QED) is 0.329. The predicted octanol–water partition coefficient (Wildman–Crippen LogP) is 5.46. The van der Waals surface area contributed by atoms with Gasteiger partial charge in [0.05, 0.1) is 23.7 Å². The summed E-state index contributed by atoms with van der Waals surface area (Å²) < 4.78 is 1.93. The first kappa shape index (κ1) is 24.1. The Labute approximate surface area is 218 Å². The number of aromatic nitrogens is 3. The number of rotatable bonds is 7. The van der Waals surface area contributed by atoms with Gasteiger partial charge in [0, 0.05) is 21.9 Å². The van der Waals surface area contributed by atoms with E-state index in [-0.39, 0.29) is 24.1 Å². The fourth-order valence-electron chi connectivity index (χ4n) is 4.12. The smallest absolute Gasteiger partial charge is 0.251 e. The summed E-state index contributed by atoms with van der Waals surface area (Å²) in [7, 11) is 0. The summed E-state index contributed by atoms with van der Waals surface area (Å²) in [6.07, 6.45) is 0. The van der Waals surface area contributed by atoms with Crippen LogP contribution in [0.5, 0.6) is 0 Å².